The van der Waals surface area contributed by atoms with Crippen LogP contribution in [-0.2, 0) is 16.0 Å². The van der Waals surface area contributed by atoms with E-state index in [1.807, 2.05) is 0 Å². The number of hydrogen-bond donors (Lipinski definition) is 1. The number of aromatic hydroxyl groups is 1. The van der Waals surface area contributed by atoms with Gasteiger partial charge in [0.2, 0.25) is 0 Å². The fourth-order valence-electron chi connectivity index (χ4n) is 2.43. The van der Waals surface area contributed by atoms with E-state index in [0.29, 0.717) is 22.1 Å². The van der Waals surface area contributed by atoms with E-state index in [1.54, 1.807) is 24.3 Å². The summed E-state index contributed by atoms with van der Waals surface area (Å²) >= 11 is 0. The van der Waals surface area contributed by atoms with Crippen LogP contribution in [0.4, 0.5) is 0 Å². The molecular weight excluding hydrogens is 296 g/mol. The van der Waals surface area contributed by atoms with E-state index in [2.05, 4.69) is 4.74 Å². The molecule has 0 fully saturated rings. The minimum absolute atomic E-state index is 0.0772. The lowest BCUT2D eigenvalue weighted by Gasteiger charge is -2.03. The minimum Gasteiger partial charge on any atom is -0.508 e. The molecule has 3 aromatic rings. The number of phenols is 1. The van der Waals surface area contributed by atoms with E-state index in [4.69, 9.17) is 4.42 Å². The van der Waals surface area contributed by atoms with Gasteiger partial charge >= 0.3 is 5.97 Å². The second kappa shape index (κ2) is 5.96. The summed E-state index contributed by atoms with van der Waals surface area (Å²) in [7, 11) is 1.28. The number of rotatable bonds is 4. The first-order valence-corrected chi connectivity index (χ1v) is 7.01. The highest BCUT2D eigenvalue weighted by Gasteiger charge is 2.23. The second-order valence-electron chi connectivity index (χ2n) is 5.03. The van der Waals surface area contributed by atoms with Gasteiger partial charge < -0.3 is 14.3 Å². The van der Waals surface area contributed by atoms with Gasteiger partial charge in [0.15, 0.2) is 5.78 Å². The Bertz CT molecular complexity index is 874. The number of ketones is 1. The SMILES string of the molecule is COC(=O)Cc1oc2ccccc2c1C(=O)c1ccc(O)cc1. The Hall–Kier alpha value is -3.08. The molecule has 3 rings (SSSR count). The van der Waals surface area contributed by atoms with Crippen molar-refractivity contribution in [1.29, 1.82) is 0 Å². The van der Waals surface area contributed by atoms with Crippen molar-refractivity contribution < 1.29 is 23.8 Å². The number of fused-ring (bicyclic) bond motifs is 1. The minimum atomic E-state index is -0.483. The molecule has 0 aliphatic carbocycles. The molecule has 0 aliphatic heterocycles. The standard InChI is InChI=1S/C18H14O5/c1-22-16(20)10-15-17(13-4-2-3-5-14(13)23-15)18(21)11-6-8-12(19)9-7-11/h2-9,19H,10H2,1H3. The largest absolute Gasteiger partial charge is 0.508 e. The first-order valence-electron chi connectivity index (χ1n) is 7.01. The summed E-state index contributed by atoms with van der Waals surface area (Å²) in [6.45, 7) is 0. The number of methoxy groups -OCH3 is 1. The normalized spacial score (nSPS) is 10.7. The lowest BCUT2D eigenvalue weighted by molar-refractivity contribution is -0.140. The van der Waals surface area contributed by atoms with Gasteiger partial charge in [-0.25, -0.2) is 0 Å². The number of furan rings is 1. The molecule has 1 heterocycles. The number of para-hydroxylation sites is 1. The van der Waals surface area contributed by atoms with Crippen LogP contribution in [-0.4, -0.2) is 24.0 Å². The van der Waals surface area contributed by atoms with Crippen molar-refractivity contribution in [3.8, 4) is 5.75 Å². The fourth-order valence-corrected chi connectivity index (χ4v) is 2.43. The van der Waals surface area contributed by atoms with Gasteiger partial charge in [-0.05, 0) is 30.3 Å². The van der Waals surface area contributed by atoms with Gasteiger partial charge in [-0.1, -0.05) is 18.2 Å². The van der Waals surface area contributed by atoms with Crippen LogP contribution in [0.25, 0.3) is 11.0 Å². The Kier molecular flexibility index (Phi) is 3.85. The summed E-state index contributed by atoms with van der Waals surface area (Å²) in [5, 5.41) is 10.00. The topological polar surface area (TPSA) is 76.7 Å². The molecule has 23 heavy (non-hydrogen) atoms. The number of esters is 1. The van der Waals surface area contributed by atoms with Gasteiger partial charge in [-0.15, -0.1) is 0 Å². The van der Waals surface area contributed by atoms with Crippen LogP contribution in [0.15, 0.2) is 52.9 Å². The van der Waals surface area contributed by atoms with Crippen LogP contribution in [0.1, 0.15) is 21.7 Å². The number of carbonyl (C=O) groups is 2. The molecule has 1 N–H and O–H groups in total. The van der Waals surface area contributed by atoms with E-state index < -0.39 is 5.97 Å². The average Bonchev–Trinajstić information content (AvgIpc) is 2.92. The van der Waals surface area contributed by atoms with Crippen LogP contribution >= 0.6 is 0 Å². The third-order valence-corrected chi connectivity index (χ3v) is 3.56. The summed E-state index contributed by atoms with van der Waals surface area (Å²) < 4.78 is 10.3. The molecule has 0 amide bonds. The van der Waals surface area contributed by atoms with E-state index >= 15 is 0 Å². The number of carbonyl (C=O) groups excluding carboxylic acids is 2. The third kappa shape index (κ3) is 2.81. The first-order chi connectivity index (χ1) is 11.1. The number of hydrogen-bond acceptors (Lipinski definition) is 5. The van der Waals surface area contributed by atoms with Gasteiger partial charge in [0.05, 0.1) is 12.7 Å². The Morgan fingerprint density at radius 1 is 1.09 bits per heavy atom. The van der Waals surface area contributed by atoms with Gasteiger partial charge in [0, 0.05) is 10.9 Å². The van der Waals surface area contributed by atoms with Crippen molar-refractivity contribution >= 4 is 22.7 Å². The maximum absolute atomic E-state index is 12.8. The van der Waals surface area contributed by atoms with Crippen LogP contribution in [0.2, 0.25) is 0 Å². The highest BCUT2D eigenvalue weighted by Crippen LogP contribution is 2.29. The Morgan fingerprint density at radius 3 is 2.48 bits per heavy atom. The zero-order valence-corrected chi connectivity index (χ0v) is 12.4. The lowest BCUT2D eigenvalue weighted by atomic mass is 9.99. The zero-order chi connectivity index (χ0) is 16.4. The summed E-state index contributed by atoms with van der Waals surface area (Å²) in [5.41, 5.74) is 1.28. The average molecular weight is 310 g/mol. The summed E-state index contributed by atoms with van der Waals surface area (Å²) in [6, 6.07) is 13.0. The molecular formula is C18H14O5. The maximum atomic E-state index is 12.8. The van der Waals surface area contributed by atoms with E-state index in [1.165, 1.54) is 31.4 Å². The van der Waals surface area contributed by atoms with Crippen molar-refractivity contribution in [2.75, 3.05) is 7.11 Å². The first kappa shape index (κ1) is 14.8. The molecule has 0 aliphatic rings. The Balaban J connectivity index is 2.13. The summed E-state index contributed by atoms with van der Waals surface area (Å²) in [6.07, 6.45) is -0.121. The quantitative estimate of drug-likeness (QED) is 0.592. The molecule has 5 nitrogen and oxygen atoms in total. The van der Waals surface area contributed by atoms with Crippen molar-refractivity contribution in [3.63, 3.8) is 0 Å². The predicted molar refractivity (Wildman–Crippen MR) is 83.5 cm³/mol. The van der Waals surface area contributed by atoms with Gasteiger partial charge in [0.1, 0.15) is 23.5 Å². The van der Waals surface area contributed by atoms with Crippen LogP contribution in [0.5, 0.6) is 5.75 Å². The number of ether oxygens (including phenoxy) is 1. The molecule has 5 heteroatoms. The molecule has 0 radical (unpaired) electrons. The third-order valence-electron chi connectivity index (χ3n) is 3.56. The van der Waals surface area contributed by atoms with Crippen molar-refractivity contribution in [1.82, 2.24) is 0 Å². The number of benzene rings is 2. The van der Waals surface area contributed by atoms with E-state index in [0.717, 1.165) is 0 Å². The number of phenolic OH excluding ortho intramolecular Hbond substituents is 1. The molecule has 0 unspecified atom stereocenters. The molecule has 116 valence electrons. The van der Waals surface area contributed by atoms with Gasteiger partial charge in [-0.2, -0.15) is 0 Å². The molecule has 1 aromatic heterocycles. The van der Waals surface area contributed by atoms with E-state index in [9.17, 15) is 14.7 Å². The molecule has 0 atom stereocenters. The van der Waals surface area contributed by atoms with Gasteiger partial charge in [0.25, 0.3) is 0 Å². The highest BCUT2D eigenvalue weighted by molar-refractivity contribution is 6.17. The molecule has 0 saturated carbocycles. The smallest absolute Gasteiger partial charge is 0.313 e. The predicted octanol–water partition coefficient (Wildman–Crippen LogP) is 3.08. The zero-order valence-electron chi connectivity index (χ0n) is 12.4. The van der Waals surface area contributed by atoms with Crippen LogP contribution in [0, 0.1) is 0 Å². The van der Waals surface area contributed by atoms with Crippen molar-refractivity contribution in [2.45, 2.75) is 6.42 Å². The van der Waals surface area contributed by atoms with Gasteiger partial charge in [-0.3, -0.25) is 9.59 Å². The monoisotopic (exact) mass is 310 g/mol. The Morgan fingerprint density at radius 2 is 1.78 bits per heavy atom. The maximum Gasteiger partial charge on any atom is 0.313 e. The highest BCUT2D eigenvalue weighted by atomic mass is 16.5. The van der Waals surface area contributed by atoms with Crippen molar-refractivity contribution in [3.05, 3.63) is 65.4 Å². The Labute approximate surface area is 132 Å². The summed E-state index contributed by atoms with van der Waals surface area (Å²) in [4.78, 5) is 24.4. The molecule has 0 spiro atoms. The van der Waals surface area contributed by atoms with Crippen molar-refractivity contribution in [2.24, 2.45) is 0 Å². The lowest BCUT2D eigenvalue weighted by Crippen LogP contribution is -2.09. The molecule has 0 saturated heterocycles. The fraction of sp³-hybridized carbons (Fsp3) is 0.111. The second-order valence-corrected chi connectivity index (χ2v) is 5.03. The van der Waals surface area contributed by atoms with Crippen LogP contribution < -0.4 is 0 Å². The van der Waals surface area contributed by atoms with Crippen LogP contribution in [0.3, 0.4) is 0 Å². The molecule has 2 aromatic carbocycles. The summed E-state index contributed by atoms with van der Waals surface area (Å²) in [5.74, 6) is -0.401. The van der Waals surface area contributed by atoms with E-state index in [-0.39, 0.29) is 23.7 Å². The molecule has 0 bridgehead atoms.